The Bertz CT molecular complexity index is 452. The molecule has 0 heterocycles. The van der Waals surface area contributed by atoms with E-state index in [1.54, 1.807) is 13.8 Å². The lowest BCUT2D eigenvalue weighted by atomic mass is 9.91. The molecule has 1 aliphatic rings. The van der Waals surface area contributed by atoms with Crippen LogP contribution in [0.2, 0.25) is 0 Å². The highest BCUT2D eigenvalue weighted by molar-refractivity contribution is 6.68. The quantitative estimate of drug-likeness (QED) is 0.336. The Morgan fingerprint density at radius 3 is 2.00 bits per heavy atom. The number of halogens is 6. The summed E-state index contributed by atoms with van der Waals surface area (Å²) < 4.78 is 7.94. The molecule has 0 radical (unpaired) electrons. The van der Waals surface area contributed by atoms with Gasteiger partial charge in [0.15, 0.2) is 6.29 Å². The fourth-order valence-corrected chi connectivity index (χ4v) is 3.31. The minimum Gasteiger partial charge on any atom is -0.833 e. The zero-order valence-electron chi connectivity index (χ0n) is 14.9. The number of hydrogen-bond acceptors (Lipinski definition) is 4. The van der Waals surface area contributed by atoms with Gasteiger partial charge in [0.25, 0.3) is 0 Å². The lowest BCUT2D eigenvalue weighted by Gasteiger charge is -2.29. The van der Waals surface area contributed by atoms with Crippen LogP contribution in [0.3, 0.4) is 0 Å². The van der Waals surface area contributed by atoms with E-state index in [9.17, 15) is 5.11 Å². The molecule has 0 aromatic rings. The lowest BCUT2D eigenvalue weighted by Crippen LogP contribution is -2.36. The molecule has 2 unspecified atom stereocenters. The van der Waals surface area contributed by atoms with E-state index < -0.39 is 19.6 Å². The van der Waals surface area contributed by atoms with Gasteiger partial charge in [0.1, 0.15) is 0 Å². The fraction of sp³-hybridized carbons (Fsp3) is 0.938. The molecule has 0 saturated heterocycles. The molecule has 1 aliphatic carbocycles. The smallest absolute Gasteiger partial charge is 0.213 e. The maximum atomic E-state index is 12.0. The molecule has 0 N–H and O–H groups in total. The molecule has 0 amide bonds. The van der Waals surface area contributed by atoms with Gasteiger partial charge in [-0.3, -0.25) is 0 Å². The second-order valence-electron chi connectivity index (χ2n) is 7.03. The summed E-state index contributed by atoms with van der Waals surface area (Å²) in [5.41, 5.74) is -0.395. The zero-order valence-corrected chi connectivity index (χ0v) is 19.5. The van der Waals surface area contributed by atoms with Crippen molar-refractivity contribution in [3.63, 3.8) is 0 Å². The van der Waals surface area contributed by atoms with Crippen LogP contribution in [-0.2, 0) is 9.47 Å². The summed E-state index contributed by atoms with van der Waals surface area (Å²) in [6, 6.07) is 0. The van der Waals surface area contributed by atoms with Gasteiger partial charge in [-0.2, -0.15) is 0 Å². The predicted molar refractivity (Wildman–Crippen MR) is 109 cm³/mol. The molecular formula is C16H24Cl6NO3-. The summed E-state index contributed by atoms with van der Waals surface area (Å²) in [6.07, 6.45) is 2.32. The molecule has 2 atom stereocenters. The second-order valence-corrected chi connectivity index (χ2v) is 12.1. The first-order valence-electron chi connectivity index (χ1n) is 8.32. The number of aliphatic imine (C=N–C) groups is 1. The van der Waals surface area contributed by atoms with Crippen LogP contribution in [0.4, 0.5) is 0 Å². The molecule has 1 saturated carbocycles. The van der Waals surface area contributed by atoms with Crippen LogP contribution in [0.1, 0.15) is 46.5 Å². The lowest BCUT2D eigenvalue weighted by molar-refractivity contribution is -0.462. The Morgan fingerprint density at radius 1 is 1.08 bits per heavy atom. The fourth-order valence-electron chi connectivity index (χ4n) is 2.93. The van der Waals surface area contributed by atoms with Crippen molar-refractivity contribution >= 4 is 75.3 Å². The Morgan fingerprint density at radius 2 is 1.58 bits per heavy atom. The first kappa shape index (κ1) is 25.3. The van der Waals surface area contributed by atoms with Crippen molar-refractivity contribution in [1.29, 1.82) is 0 Å². The van der Waals surface area contributed by atoms with Crippen LogP contribution in [0.5, 0.6) is 0 Å². The van der Waals surface area contributed by atoms with Gasteiger partial charge in [-0.05, 0) is 43.2 Å². The average Bonchev–Trinajstić information content (AvgIpc) is 2.74. The van der Waals surface area contributed by atoms with Gasteiger partial charge in [-0.15, -0.1) is 0 Å². The highest BCUT2D eigenvalue weighted by Crippen LogP contribution is 2.35. The topological polar surface area (TPSA) is 53.9 Å². The van der Waals surface area contributed by atoms with Crippen molar-refractivity contribution < 1.29 is 14.6 Å². The highest BCUT2D eigenvalue weighted by atomic mass is 35.6. The number of alkyl halides is 6. The normalized spacial score (nSPS) is 24.0. The van der Waals surface area contributed by atoms with Crippen LogP contribution in [0.25, 0.3) is 0 Å². The molecule has 0 aliphatic heterocycles. The minimum atomic E-state index is -1.57. The van der Waals surface area contributed by atoms with Gasteiger partial charge < -0.3 is 19.6 Å². The standard InChI is InChI=1S/C16H24Cl6NO3/c1-10-4-6-12(23-14(2,3)24)11(10)5-7-13(25-8-15(17,18)19)26-9-16(20,21)22/h10-11,13H,4-9H2,1-3H3/q-1/b23-12+. The van der Waals surface area contributed by atoms with E-state index >= 15 is 0 Å². The largest absolute Gasteiger partial charge is 0.833 e. The van der Waals surface area contributed by atoms with Gasteiger partial charge >= 0.3 is 0 Å². The first-order chi connectivity index (χ1) is 11.7. The third-order valence-corrected chi connectivity index (χ3v) is 4.62. The maximum absolute atomic E-state index is 12.0. The SMILES string of the molecule is CC1CC/C(=N\C(C)(C)[O-])C1CCC(OCC(Cl)(Cl)Cl)OCC(Cl)(Cl)Cl. The number of rotatable bonds is 8. The molecule has 1 fully saturated rings. The first-order valence-corrected chi connectivity index (χ1v) is 10.6. The summed E-state index contributed by atoms with van der Waals surface area (Å²) in [5.74, 6) is 0.594. The summed E-state index contributed by atoms with van der Waals surface area (Å²) in [7, 11) is 0. The highest BCUT2D eigenvalue weighted by Gasteiger charge is 2.32. The summed E-state index contributed by atoms with van der Waals surface area (Å²) in [6.45, 7) is 4.94. The summed E-state index contributed by atoms with van der Waals surface area (Å²) in [4.78, 5) is 4.34. The Labute approximate surface area is 185 Å². The van der Waals surface area contributed by atoms with Crippen molar-refractivity contribution in [3.8, 4) is 0 Å². The molecule has 0 aromatic carbocycles. The third kappa shape index (κ3) is 11.3. The Kier molecular flexibility index (Phi) is 10.1. The Hall–Kier alpha value is 1.29. The average molecular weight is 491 g/mol. The third-order valence-electron chi connectivity index (χ3n) is 3.96. The molecular weight excluding hydrogens is 467 g/mol. The summed E-state index contributed by atoms with van der Waals surface area (Å²) >= 11 is 34.4. The van der Waals surface area contributed by atoms with E-state index in [4.69, 9.17) is 79.1 Å². The van der Waals surface area contributed by atoms with Gasteiger partial charge in [0.2, 0.25) is 7.59 Å². The summed E-state index contributed by atoms with van der Waals surface area (Å²) in [5, 5.41) is 12.0. The van der Waals surface area contributed by atoms with Crippen LogP contribution in [0.15, 0.2) is 4.99 Å². The van der Waals surface area contributed by atoms with Gasteiger partial charge in [0.05, 0.1) is 13.2 Å². The van der Waals surface area contributed by atoms with Crippen LogP contribution in [0, 0.1) is 11.8 Å². The van der Waals surface area contributed by atoms with E-state index in [0.717, 1.165) is 18.6 Å². The van der Waals surface area contributed by atoms with E-state index in [2.05, 4.69) is 11.9 Å². The zero-order chi connectivity index (χ0) is 20.2. The van der Waals surface area contributed by atoms with Crippen LogP contribution < -0.4 is 5.11 Å². The van der Waals surface area contributed by atoms with E-state index in [1.165, 1.54) is 0 Å². The minimum absolute atomic E-state index is 0.156. The van der Waals surface area contributed by atoms with Crippen molar-refractivity contribution in [2.24, 2.45) is 16.8 Å². The molecule has 4 nitrogen and oxygen atoms in total. The van der Waals surface area contributed by atoms with Gasteiger partial charge in [-0.1, -0.05) is 90.4 Å². The van der Waals surface area contributed by atoms with Crippen LogP contribution in [-0.4, -0.2) is 38.5 Å². The molecule has 0 bridgehead atoms. The van der Waals surface area contributed by atoms with Crippen molar-refractivity contribution in [3.05, 3.63) is 0 Å². The van der Waals surface area contributed by atoms with E-state index in [1.807, 2.05) is 0 Å². The number of nitrogens with zero attached hydrogens (tertiary/aromatic N) is 1. The Balaban J connectivity index is 2.71. The molecule has 154 valence electrons. The molecule has 10 heteroatoms. The second kappa shape index (κ2) is 10.4. The van der Waals surface area contributed by atoms with Crippen molar-refractivity contribution in [2.45, 2.75) is 66.1 Å². The molecule has 0 spiro atoms. The molecule has 26 heavy (non-hydrogen) atoms. The number of ether oxygens (including phenoxy) is 2. The molecule has 0 aromatic heterocycles. The monoisotopic (exact) mass is 488 g/mol. The predicted octanol–water partition coefficient (Wildman–Crippen LogP) is 5.45. The maximum Gasteiger partial charge on any atom is 0.213 e. The van der Waals surface area contributed by atoms with E-state index in [-0.39, 0.29) is 19.1 Å². The van der Waals surface area contributed by atoms with Crippen molar-refractivity contribution in [2.75, 3.05) is 13.2 Å². The van der Waals surface area contributed by atoms with E-state index in [0.29, 0.717) is 18.8 Å². The van der Waals surface area contributed by atoms with Crippen molar-refractivity contribution in [1.82, 2.24) is 0 Å². The van der Waals surface area contributed by atoms with Crippen LogP contribution >= 0.6 is 69.6 Å². The molecule has 1 rings (SSSR count). The van der Waals surface area contributed by atoms with Gasteiger partial charge in [-0.25, -0.2) is 0 Å². The van der Waals surface area contributed by atoms with Gasteiger partial charge in [0, 0.05) is 5.71 Å². The number of hydrogen-bond donors (Lipinski definition) is 0.